The quantitative estimate of drug-likeness (QED) is 0.335. The van der Waals surface area contributed by atoms with Gasteiger partial charge < -0.3 is 5.32 Å². The Bertz CT molecular complexity index is 1390. The van der Waals surface area contributed by atoms with Crippen molar-refractivity contribution >= 4 is 34.8 Å². The number of fused-ring (bicyclic) bond motifs is 4. The highest BCUT2D eigenvalue weighted by atomic mass is 32.2. The number of nitro benzene ring substituents is 1. The fourth-order valence-corrected chi connectivity index (χ4v) is 7.26. The topological polar surface area (TPSA) is 105 Å². The van der Waals surface area contributed by atoms with Crippen molar-refractivity contribution in [3.63, 3.8) is 0 Å². The van der Waals surface area contributed by atoms with E-state index in [1.165, 1.54) is 36.5 Å². The van der Waals surface area contributed by atoms with Crippen LogP contribution in [-0.2, 0) is 10.3 Å². The van der Waals surface area contributed by atoms with Crippen LogP contribution in [0.1, 0.15) is 27.5 Å². The number of hydrogen-bond acceptors (Lipinski definition) is 7. The smallest absolute Gasteiger partial charge is 0.269 e. The van der Waals surface area contributed by atoms with Gasteiger partial charge in [0.15, 0.2) is 5.78 Å². The van der Waals surface area contributed by atoms with Crippen LogP contribution < -0.4 is 5.32 Å². The normalized spacial score (nSPS) is 27.0. The lowest BCUT2D eigenvalue weighted by molar-refractivity contribution is -0.384. The van der Waals surface area contributed by atoms with Crippen molar-refractivity contribution < 1.29 is 18.9 Å². The number of rotatable bonds is 4. The number of pyridine rings is 1. The molecule has 10 heteroatoms. The second-order valence-electron chi connectivity index (χ2n) is 8.88. The Labute approximate surface area is 203 Å². The van der Waals surface area contributed by atoms with E-state index in [9.17, 15) is 24.1 Å². The van der Waals surface area contributed by atoms with E-state index >= 15 is 0 Å². The first-order valence-corrected chi connectivity index (χ1v) is 12.2. The van der Waals surface area contributed by atoms with Crippen LogP contribution in [0.4, 0.5) is 15.8 Å². The monoisotopic (exact) mass is 490 g/mol. The molecule has 4 atom stereocenters. The lowest BCUT2D eigenvalue weighted by atomic mass is 9.70. The number of benzene rings is 2. The number of thioether (sulfide) groups is 1. The third kappa shape index (κ3) is 3.06. The number of aromatic nitrogens is 1. The Balaban J connectivity index is 1.63. The number of nitrogens with zero attached hydrogens (tertiary/aromatic N) is 3. The van der Waals surface area contributed by atoms with E-state index < -0.39 is 34.0 Å². The summed E-state index contributed by atoms with van der Waals surface area (Å²) in [6.45, 7) is 0. The van der Waals surface area contributed by atoms with E-state index in [0.29, 0.717) is 28.4 Å². The largest absolute Gasteiger partial charge is 0.324 e. The molecule has 6 rings (SSSR count). The van der Waals surface area contributed by atoms with Gasteiger partial charge in [-0.05, 0) is 35.9 Å². The van der Waals surface area contributed by atoms with Gasteiger partial charge in [-0.15, -0.1) is 11.8 Å². The third-order valence-electron chi connectivity index (χ3n) is 7.25. The first-order valence-electron chi connectivity index (χ1n) is 11.1. The highest BCUT2D eigenvalue weighted by Gasteiger charge is 2.69. The average Bonchev–Trinajstić information content (AvgIpc) is 3.52. The number of ketones is 1. The Hall–Kier alpha value is -3.63. The molecule has 35 heavy (non-hydrogen) atoms. The molecule has 8 nitrogen and oxygen atoms in total. The number of nitro groups is 1. The molecule has 2 saturated heterocycles. The van der Waals surface area contributed by atoms with Gasteiger partial charge in [-0.2, -0.15) is 0 Å². The number of Topliss-reactive ketones (excluding diaryl/α,β-unsaturated/α-hetero) is 1. The number of nitrogens with one attached hydrogen (secondary N) is 1. The number of halogens is 1. The minimum Gasteiger partial charge on any atom is -0.324 e. The number of carbonyl (C=O) groups is 2. The van der Waals surface area contributed by atoms with Gasteiger partial charge in [0.1, 0.15) is 17.1 Å². The summed E-state index contributed by atoms with van der Waals surface area (Å²) in [6.07, 6.45) is 1.51. The van der Waals surface area contributed by atoms with Crippen molar-refractivity contribution in [3.8, 4) is 0 Å². The maximum atomic E-state index is 14.5. The van der Waals surface area contributed by atoms with Crippen molar-refractivity contribution in [1.82, 2.24) is 9.88 Å². The number of amides is 1. The van der Waals surface area contributed by atoms with Crippen molar-refractivity contribution in [2.24, 2.45) is 5.92 Å². The van der Waals surface area contributed by atoms with Gasteiger partial charge in [-0.25, -0.2) is 4.39 Å². The standard InChI is InChI=1S/C25H19FN4O4S/c26-15-7-8-18-17(11-15)25(24(32)28-18)22(23(31)19-6-1-2-9-27-19)21(20-12-35-13-29(20)25)14-4-3-5-16(10-14)30(33)34/h1-11,20-22H,12-13H2,(H,28,32)/t20?,21?,22?,25-/m1/s1. The number of hydrogen-bond donors (Lipinski definition) is 1. The molecular weight excluding hydrogens is 471 g/mol. The van der Waals surface area contributed by atoms with E-state index in [1.54, 1.807) is 42.1 Å². The second-order valence-corrected chi connectivity index (χ2v) is 9.88. The Morgan fingerprint density at radius 3 is 2.83 bits per heavy atom. The summed E-state index contributed by atoms with van der Waals surface area (Å²) in [5.74, 6) is -1.68. The molecule has 1 spiro atoms. The predicted octanol–water partition coefficient (Wildman–Crippen LogP) is 3.95. The predicted molar refractivity (Wildman–Crippen MR) is 128 cm³/mol. The zero-order chi connectivity index (χ0) is 24.3. The fraction of sp³-hybridized carbons (Fsp3) is 0.240. The zero-order valence-electron chi connectivity index (χ0n) is 18.3. The molecule has 0 radical (unpaired) electrons. The van der Waals surface area contributed by atoms with Gasteiger partial charge in [-0.3, -0.25) is 29.6 Å². The highest BCUT2D eigenvalue weighted by Crippen LogP contribution is 2.61. The van der Waals surface area contributed by atoms with Crippen LogP contribution in [0.25, 0.3) is 0 Å². The van der Waals surface area contributed by atoms with Gasteiger partial charge in [0.2, 0.25) is 5.91 Å². The summed E-state index contributed by atoms with van der Waals surface area (Å²) in [6, 6.07) is 15.1. The number of anilines is 1. The van der Waals surface area contributed by atoms with E-state index in [0.717, 1.165) is 0 Å². The highest BCUT2D eigenvalue weighted by molar-refractivity contribution is 7.99. The van der Waals surface area contributed by atoms with Crippen molar-refractivity contribution in [3.05, 3.63) is 99.6 Å². The maximum absolute atomic E-state index is 14.5. The van der Waals surface area contributed by atoms with E-state index in [-0.39, 0.29) is 23.2 Å². The van der Waals surface area contributed by atoms with Crippen LogP contribution in [0.3, 0.4) is 0 Å². The summed E-state index contributed by atoms with van der Waals surface area (Å²) >= 11 is 1.62. The van der Waals surface area contributed by atoms with Gasteiger partial charge in [0.25, 0.3) is 5.69 Å². The minimum atomic E-state index is -1.46. The van der Waals surface area contributed by atoms with Crippen LogP contribution >= 0.6 is 11.8 Å². The van der Waals surface area contributed by atoms with E-state index in [4.69, 9.17) is 0 Å². The maximum Gasteiger partial charge on any atom is 0.269 e. The summed E-state index contributed by atoms with van der Waals surface area (Å²) in [5, 5.41) is 14.4. The van der Waals surface area contributed by atoms with Crippen LogP contribution in [0.2, 0.25) is 0 Å². The molecule has 0 saturated carbocycles. The molecule has 3 unspecified atom stereocenters. The van der Waals surface area contributed by atoms with Gasteiger partial charge in [0, 0.05) is 53.2 Å². The SMILES string of the molecule is O=C(c1ccccn1)C1C(c2cccc([N+](=O)[O-])c2)C2CSCN2[C@@]12C(=O)Nc1ccc(F)cc12. The summed E-state index contributed by atoms with van der Waals surface area (Å²) in [4.78, 5) is 45.3. The van der Waals surface area contributed by atoms with Gasteiger partial charge in [-0.1, -0.05) is 18.2 Å². The molecule has 0 aliphatic carbocycles. The molecule has 3 aliphatic heterocycles. The Morgan fingerprint density at radius 2 is 2.06 bits per heavy atom. The fourth-order valence-electron chi connectivity index (χ4n) is 5.93. The Kier molecular flexibility index (Phi) is 4.97. The van der Waals surface area contributed by atoms with Gasteiger partial charge in [0.05, 0.1) is 10.8 Å². The third-order valence-corrected chi connectivity index (χ3v) is 8.29. The molecule has 1 N–H and O–H groups in total. The molecule has 2 aromatic carbocycles. The van der Waals surface area contributed by atoms with Crippen molar-refractivity contribution in [2.75, 3.05) is 16.9 Å². The minimum absolute atomic E-state index is 0.0907. The lowest BCUT2D eigenvalue weighted by Gasteiger charge is -2.36. The first-order chi connectivity index (χ1) is 16.9. The van der Waals surface area contributed by atoms with Crippen LogP contribution in [-0.4, -0.2) is 44.2 Å². The van der Waals surface area contributed by atoms with E-state index in [2.05, 4.69) is 10.3 Å². The Morgan fingerprint density at radius 1 is 1.20 bits per heavy atom. The molecular formula is C25H19FN4O4S. The molecule has 0 bridgehead atoms. The van der Waals surface area contributed by atoms with Crippen molar-refractivity contribution in [1.29, 1.82) is 0 Å². The molecule has 1 amide bonds. The lowest BCUT2D eigenvalue weighted by Crippen LogP contribution is -2.52. The molecule has 2 fully saturated rings. The number of carbonyl (C=O) groups excluding carboxylic acids is 2. The summed E-state index contributed by atoms with van der Waals surface area (Å²) in [7, 11) is 0. The summed E-state index contributed by atoms with van der Waals surface area (Å²) in [5.41, 5.74) is 0.115. The van der Waals surface area contributed by atoms with Crippen molar-refractivity contribution in [2.45, 2.75) is 17.5 Å². The molecule has 3 aliphatic rings. The van der Waals surface area contributed by atoms with Crippen LogP contribution in [0, 0.1) is 21.8 Å². The molecule has 1 aromatic heterocycles. The zero-order valence-corrected chi connectivity index (χ0v) is 19.1. The van der Waals surface area contributed by atoms with Gasteiger partial charge >= 0.3 is 0 Å². The number of non-ortho nitro benzene ring substituents is 1. The summed E-state index contributed by atoms with van der Waals surface area (Å²) < 4.78 is 14.5. The average molecular weight is 491 g/mol. The van der Waals surface area contributed by atoms with Crippen LogP contribution in [0.15, 0.2) is 66.9 Å². The van der Waals surface area contributed by atoms with E-state index in [1.807, 2.05) is 4.90 Å². The molecule has 176 valence electrons. The first kappa shape index (κ1) is 21.9. The second kappa shape index (κ2) is 7.96. The van der Waals surface area contributed by atoms with Crippen LogP contribution in [0.5, 0.6) is 0 Å². The molecule has 4 heterocycles. The molecule has 3 aromatic rings.